The zero-order valence-electron chi connectivity index (χ0n) is 17.0. The number of amides is 3. The topological polar surface area (TPSA) is 89.6 Å². The Balaban J connectivity index is 1.40. The van der Waals surface area contributed by atoms with Crippen LogP contribution in [0.3, 0.4) is 0 Å². The number of hydrogen-bond acceptors (Lipinski definition) is 5. The van der Waals surface area contributed by atoms with Crippen molar-refractivity contribution in [3.05, 3.63) is 58.2 Å². The Morgan fingerprint density at radius 2 is 1.80 bits per heavy atom. The molecule has 9 heteroatoms. The number of carbonyl (C=O) groups excluding carboxylic acids is 2. The molecule has 160 valence electrons. The van der Waals surface area contributed by atoms with Crippen LogP contribution in [0.2, 0.25) is 0 Å². The molecule has 0 radical (unpaired) electrons. The van der Waals surface area contributed by atoms with Crippen molar-refractivity contribution >= 4 is 33.7 Å². The van der Waals surface area contributed by atoms with Crippen molar-refractivity contribution in [3.8, 4) is 0 Å². The van der Waals surface area contributed by atoms with Crippen LogP contribution < -0.4 is 20.9 Å². The Labute approximate surface area is 185 Å². The fourth-order valence-electron chi connectivity index (χ4n) is 3.19. The minimum absolute atomic E-state index is 0.175. The number of nitrogens with one attached hydrogen (secondary N) is 3. The Hall–Kier alpha value is -2.65. The summed E-state index contributed by atoms with van der Waals surface area (Å²) in [5, 5.41) is 8.42. The summed E-state index contributed by atoms with van der Waals surface area (Å²) in [6, 6.07) is 10.7. The number of piperazine rings is 1. The van der Waals surface area contributed by atoms with Gasteiger partial charge >= 0.3 is 6.03 Å². The lowest BCUT2D eigenvalue weighted by Crippen LogP contribution is -2.45. The van der Waals surface area contributed by atoms with Crippen LogP contribution in [0, 0.1) is 0 Å². The van der Waals surface area contributed by atoms with E-state index in [-0.39, 0.29) is 11.9 Å². The summed E-state index contributed by atoms with van der Waals surface area (Å²) in [6.07, 6.45) is 1.78. The molecule has 2 aromatic rings. The van der Waals surface area contributed by atoms with Gasteiger partial charge in [-0.15, -0.1) is 0 Å². The lowest BCUT2D eigenvalue weighted by atomic mass is 10.2. The number of pyridine rings is 1. The molecular formula is C21H27BrN6O2. The van der Waals surface area contributed by atoms with Crippen LogP contribution in [0.1, 0.15) is 15.9 Å². The molecule has 8 nitrogen and oxygen atoms in total. The lowest BCUT2D eigenvalue weighted by molar-refractivity contribution is 0.0953. The Morgan fingerprint density at radius 3 is 2.57 bits per heavy atom. The molecule has 1 aliphatic heterocycles. The fraction of sp³-hybridized carbons (Fsp3) is 0.381. The van der Waals surface area contributed by atoms with Crippen molar-refractivity contribution in [2.45, 2.75) is 6.54 Å². The van der Waals surface area contributed by atoms with E-state index in [9.17, 15) is 9.59 Å². The third-order valence-corrected chi connectivity index (χ3v) is 5.39. The van der Waals surface area contributed by atoms with Crippen molar-refractivity contribution in [1.82, 2.24) is 25.8 Å². The molecule has 3 N–H and O–H groups in total. The number of halogens is 1. The van der Waals surface area contributed by atoms with E-state index in [0.717, 1.165) is 42.0 Å². The maximum Gasteiger partial charge on any atom is 0.315 e. The molecule has 2 heterocycles. The number of hydrogen-bond donors (Lipinski definition) is 3. The molecular weight excluding hydrogens is 448 g/mol. The average Bonchev–Trinajstić information content (AvgIpc) is 2.76. The number of aromatic nitrogens is 1. The van der Waals surface area contributed by atoms with E-state index in [1.807, 2.05) is 18.2 Å². The SMILES string of the molecule is CN1CCN(c2ncccc2CNC(=O)NCCNC(=O)c2cccc(Br)c2)CC1. The van der Waals surface area contributed by atoms with Gasteiger partial charge < -0.3 is 25.8 Å². The number of carbonyl (C=O) groups is 2. The van der Waals surface area contributed by atoms with Gasteiger partial charge in [-0.2, -0.15) is 0 Å². The van der Waals surface area contributed by atoms with Gasteiger partial charge in [-0.25, -0.2) is 9.78 Å². The second-order valence-electron chi connectivity index (χ2n) is 7.15. The molecule has 3 amide bonds. The van der Waals surface area contributed by atoms with Gasteiger partial charge in [-0.1, -0.05) is 28.1 Å². The smallest absolute Gasteiger partial charge is 0.315 e. The van der Waals surface area contributed by atoms with E-state index in [0.29, 0.717) is 25.2 Å². The molecule has 0 spiro atoms. The predicted octanol–water partition coefficient (Wildman–Crippen LogP) is 1.83. The van der Waals surface area contributed by atoms with Crippen molar-refractivity contribution in [2.75, 3.05) is 51.2 Å². The standard InChI is InChI=1S/C21H27BrN6O2/c1-27-10-12-28(13-11-27)19-17(5-3-7-23-19)15-26-21(30)25-9-8-24-20(29)16-4-2-6-18(22)14-16/h2-7,14H,8-13,15H2,1H3,(H,24,29)(H2,25,26,30). The van der Waals surface area contributed by atoms with E-state index in [1.165, 1.54) is 0 Å². The molecule has 0 unspecified atom stereocenters. The molecule has 1 aliphatic rings. The molecule has 0 saturated carbocycles. The minimum Gasteiger partial charge on any atom is -0.354 e. The summed E-state index contributed by atoms with van der Waals surface area (Å²) in [6.45, 7) is 4.91. The van der Waals surface area contributed by atoms with Crippen LogP contribution in [-0.4, -0.2) is 68.1 Å². The van der Waals surface area contributed by atoms with Gasteiger partial charge in [0.05, 0.1) is 0 Å². The first-order valence-corrected chi connectivity index (χ1v) is 10.7. The maximum absolute atomic E-state index is 12.1. The van der Waals surface area contributed by atoms with Crippen molar-refractivity contribution in [1.29, 1.82) is 0 Å². The van der Waals surface area contributed by atoms with Crippen LogP contribution in [0.15, 0.2) is 47.1 Å². The van der Waals surface area contributed by atoms with Crippen LogP contribution in [0.25, 0.3) is 0 Å². The third kappa shape index (κ3) is 6.43. The second-order valence-corrected chi connectivity index (χ2v) is 8.07. The number of urea groups is 1. The van der Waals surface area contributed by atoms with Gasteiger partial charge in [-0.05, 0) is 31.3 Å². The Morgan fingerprint density at radius 1 is 1.03 bits per heavy atom. The maximum atomic E-state index is 12.1. The first-order valence-electron chi connectivity index (χ1n) is 9.96. The molecule has 1 saturated heterocycles. The molecule has 0 atom stereocenters. The molecule has 0 bridgehead atoms. The van der Waals surface area contributed by atoms with E-state index in [1.54, 1.807) is 24.4 Å². The van der Waals surface area contributed by atoms with E-state index < -0.39 is 0 Å². The highest BCUT2D eigenvalue weighted by Gasteiger charge is 2.18. The normalized spacial score (nSPS) is 14.3. The first kappa shape index (κ1) is 22.0. The molecule has 1 aromatic heterocycles. The van der Waals surface area contributed by atoms with E-state index in [4.69, 9.17) is 0 Å². The molecule has 1 fully saturated rings. The van der Waals surface area contributed by atoms with E-state index in [2.05, 4.69) is 53.7 Å². The zero-order valence-corrected chi connectivity index (χ0v) is 18.6. The van der Waals surface area contributed by atoms with Gasteiger partial charge in [0, 0.05) is 67.6 Å². The highest BCUT2D eigenvalue weighted by molar-refractivity contribution is 9.10. The van der Waals surface area contributed by atoms with Gasteiger partial charge in [0.15, 0.2) is 0 Å². The van der Waals surface area contributed by atoms with Crippen LogP contribution in [0.4, 0.5) is 10.6 Å². The summed E-state index contributed by atoms with van der Waals surface area (Å²) >= 11 is 3.35. The first-order chi connectivity index (χ1) is 14.5. The third-order valence-electron chi connectivity index (χ3n) is 4.89. The van der Waals surface area contributed by atoms with Crippen LogP contribution in [-0.2, 0) is 6.54 Å². The van der Waals surface area contributed by atoms with Crippen LogP contribution >= 0.6 is 15.9 Å². The number of benzene rings is 1. The number of likely N-dealkylation sites (N-methyl/N-ethyl adjacent to an activating group) is 1. The van der Waals surface area contributed by atoms with E-state index >= 15 is 0 Å². The van der Waals surface area contributed by atoms with Crippen molar-refractivity contribution < 1.29 is 9.59 Å². The van der Waals surface area contributed by atoms with Gasteiger partial charge in [0.25, 0.3) is 5.91 Å². The molecule has 30 heavy (non-hydrogen) atoms. The highest BCUT2D eigenvalue weighted by Crippen LogP contribution is 2.18. The van der Waals surface area contributed by atoms with Gasteiger partial charge in [0.1, 0.15) is 5.82 Å². The fourth-order valence-corrected chi connectivity index (χ4v) is 3.59. The van der Waals surface area contributed by atoms with Gasteiger partial charge in [0.2, 0.25) is 0 Å². The van der Waals surface area contributed by atoms with Crippen molar-refractivity contribution in [2.24, 2.45) is 0 Å². The summed E-state index contributed by atoms with van der Waals surface area (Å²) in [5.74, 6) is 0.748. The molecule has 0 aliphatic carbocycles. The quantitative estimate of drug-likeness (QED) is 0.532. The predicted molar refractivity (Wildman–Crippen MR) is 121 cm³/mol. The lowest BCUT2D eigenvalue weighted by Gasteiger charge is -2.34. The highest BCUT2D eigenvalue weighted by atomic mass is 79.9. The Bertz CT molecular complexity index is 870. The summed E-state index contributed by atoms with van der Waals surface area (Å²) in [4.78, 5) is 33.3. The zero-order chi connectivity index (χ0) is 21.3. The van der Waals surface area contributed by atoms with Crippen LogP contribution in [0.5, 0.6) is 0 Å². The number of nitrogens with zero attached hydrogens (tertiary/aromatic N) is 3. The molecule has 3 rings (SSSR count). The summed E-state index contributed by atoms with van der Waals surface area (Å²) in [5.41, 5.74) is 1.56. The monoisotopic (exact) mass is 474 g/mol. The average molecular weight is 475 g/mol. The largest absolute Gasteiger partial charge is 0.354 e. The summed E-state index contributed by atoms with van der Waals surface area (Å²) in [7, 11) is 2.11. The number of rotatable bonds is 7. The van der Waals surface area contributed by atoms with Gasteiger partial charge in [-0.3, -0.25) is 4.79 Å². The Kier molecular flexibility index (Phi) is 8.04. The van der Waals surface area contributed by atoms with Crippen molar-refractivity contribution in [3.63, 3.8) is 0 Å². The number of anilines is 1. The second kappa shape index (κ2) is 10.9. The summed E-state index contributed by atoms with van der Waals surface area (Å²) < 4.78 is 0.846. The minimum atomic E-state index is -0.278. The molecule has 1 aromatic carbocycles.